The Balaban J connectivity index is 2.40. The number of halogens is 3. The number of hydrogen-bond acceptors (Lipinski definition) is 4. The maximum absolute atomic E-state index is 12.7. The Hall–Kier alpha value is -1.86. The average molecular weight is 274 g/mol. The lowest BCUT2D eigenvalue weighted by atomic mass is 10.1. The summed E-state index contributed by atoms with van der Waals surface area (Å²) < 4.78 is 38.0. The first-order valence-electron chi connectivity index (χ1n) is 5.78. The summed E-state index contributed by atoms with van der Waals surface area (Å²) in [5, 5.41) is 0. The smallest absolute Gasteiger partial charge is 0.368 e. The number of carbonyl (C=O) groups excluding carboxylic acids is 1. The second-order valence-electron chi connectivity index (χ2n) is 4.40. The van der Waals surface area contributed by atoms with Crippen LogP contribution in [0.4, 0.5) is 19.1 Å². The molecule has 1 fully saturated rings. The lowest BCUT2D eigenvalue weighted by molar-refractivity contribution is -0.141. The van der Waals surface area contributed by atoms with Crippen LogP contribution in [0.15, 0.2) is 6.07 Å². The predicted octanol–water partition coefficient (Wildman–Crippen LogP) is 1.76. The monoisotopic (exact) mass is 274 g/mol. The molecule has 1 atom stereocenters. The number of aromatic nitrogens is 2. The van der Waals surface area contributed by atoms with Crippen molar-refractivity contribution in [3.05, 3.63) is 17.5 Å². The first-order chi connectivity index (χ1) is 8.79. The predicted molar refractivity (Wildman–Crippen MR) is 60.8 cm³/mol. The van der Waals surface area contributed by atoms with E-state index in [1.54, 1.807) is 0 Å². The largest absolute Gasteiger partial charge is 0.433 e. The number of likely N-dealkylation sites (tertiary alicyclic amines) is 1. The summed E-state index contributed by atoms with van der Waals surface area (Å²) in [6, 6.07) is 0.409. The van der Waals surface area contributed by atoms with Crippen molar-refractivity contribution in [2.45, 2.75) is 32.0 Å². The van der Waals surface area contributed by atoms with E-state index in [-0.39, 0.29) is 11.6 Å². The first-order valence-corrected chi connectivity index (χ1v) is 5.78. The molecule has 0 saturated carbocycles. The van der Waals surface area contributed by atoms with Crippen LogP contribution in [0.1, 0.15) is 37.2 Å². The number of alkyl halides is 3. The highest BCUT2D eigenvalue weighted by Crippen LogP contribution is 2.34. The second kappa shape index (κ2) is 4.67. The van der Waals surface area contributed by atoms with Gasteiger partial charge in [-0.05, 0) is 18.9 Å². The normalized spacial score (nSPS) is 19.8. The minimum atomic E-state index is -4.58. The summed E-state index contributed by atoms with van der Waals surface area (Å²) in [6.07, 6.45) is -3.27. The van der Waals surface area contributed by atoms with E-state index in [2.05, 4.69) is 9.97 Å². The molecule has 2 heterocycles. The Kier molecular flexibility index (Phi) is 3.34. The van der Waals surface area contributed by atoms with Crippen LogP contribution in [-0.4, -0.2) is 27.3 Å². The Morgan fingerprint density at radius 3 is 2.74 bits per heavy atom. The van der Waals surface area contributed by atoms with Crippen LogP contribution in [0.2, 0.25) is 0 Å². The minimum absolute atomic E-state index is 0.146. The van der Waals surface area contributed by atoms with E-state index in [9.17, 15) is 18.0 Å². The average Bonchev–Trinajstić information content (AvgIpc) is 2.75. The lowest BCUT2D eigenvalue weighted by Gasteiger charge is -2.23. The molecule has 1 aromatic heterocycles. The van der Waals surface area contributed by atoms with Crippen molar-refractivity contribution in [2.75, 3.05) is 12.3 Å². The Bertz CT molecular complexity index is 503. The molecule has 19 heavy (non-hydrogen) atoms. The molecule has 1 aromatic rings. The summed E-state index contributed by atoms with van der Waals surface area (Å²) in [5.41, 5.74) is 4.39. The van der Waals surface area contributed by atoms with Crippen molar-refractivity contribution in [1.82, 2.24) is 14.9 Å². The molecule has 0 spiro atoms. The standard InChI is InChI=1S/C11H13F3N4O/c1-6(19)18-4-2-3-8(18)7-5-9(11(12,13)14)17-10(15)16-7/h5,8H,2-4H2,1H3,(H2,15,16,17). The van der Waals surface area contributed by atoms with Crippen molar-refractivity contribution in [3.63, 3.8) is 0 Å². The van der Waals surface area contributed by atoms with Gasteiger partial charge in [0.2, 0.25) is 11.9 Å². The molecular formula is C11H13F3N4O. The number of hydrogen-bond donors (Lipinski definition) is 1. The van der Waals surface area contributed by atoms with Gasteiger partial charge in [0.15, 0.2) is 0 Å². The fraction of sp³-hybridized carbons (Fsp3) is 0.545. The van der Waals surface area contributed by atoms with Crippen molar-refractivity contribution in [1.29, 1.82) is 0 Å². The molecule has 2 N–H and O–H groups in total. The quantitative estimate of drug-likeness (QED) is 0.847. The van der Waals surface area contributed by atoms with Crippen LogP contribution in [0.3, 0.4) is 0 Å². The van der Waals surface area contributed by atoms with E-state index in [1.165, 1.54) is 11.8 Å². The van der Waals surface area contributed by atoms with E-state index >= 15 is 0 Å². The van der Waals surface area contributed by atoms with Gasteiger partial charge in [0, 0.05) is 13.5 Å². The van der Waals surface area contributed by atoms with Gasteiger partial charge >= 0.3 is 6.18 Å². The molecule has 1 aliphatic rings. The van der Waals surface area contributed by atoms with E-state index in [1.807, 2.05) is 0 Å². The summed E-state index contributed by atoms with van der Waals surface area (Å²) in [6.45, 7) is 1.90. The topological polar surface area (TPSA) is 72.1 Å². The molecule has 0 bridgehead atoms. The van der Waals surface area contributed by atoms with Crippen LogP contribution in [0.25, 0.3) is 0 Å². The summed E-state index contributed by atoms with van der Waals surface area (Å²) in [5.74, 6) is -0.617. The maximum atomic E-state index is 12.7. The zero-order valence-electron chi connectivity index (χ0n) is 10.2. The second-order valence-corrected chi connectivity index (χ2v) is 4.40. The molecule has 5 nitrogen and oxygen atoms in total. The minimum Gasteiger partial charge on any atom is -0.368 e. The van der Waals surface area contributed by atoms with Gasteiger partial charge in [0.1, 0.15) is 5.69 Å². The third kappa shape index (κ3) is 2.77. The van der Waals surface area contributed by atoms with Gasteiger partial charge in [0.05, 0.1) is 11.7 Å². The van der Waals surface area contributed by atoms with Crippen molar-refractivity contribution >= 4 is 11.9 Å². The number of amides is 1. The number of carbonyl (C=O) groups is 1. The Morgan fingerprint density at radius 2 is 2.16 bits per heavy atom. The van der Waals surface area contributed by atoms with Gasteiger partial charge in [-0.1, -0.05) is 0 Å². The molecule has 0 aliphatic carbocycles. The molecular weight excluding hydrogens is 261 g/mol. The molecule has 1 amide bonds. The lowest BCUT2D eigenvalue weighted by Crippen LogP contribution is -2.29. The molecule has 104 valence electrons. The van der Waals surface area contributed by atoms with Crippen molar-refractivity contribution in [3.8, 4) is 0 Å². The van der Waals surface area contributed by atoms with Gasteiger partial charge in [-0.3, -0.25) is 4.79 Å². The Labute approximate surface area is 107 Å². The summed E-state index contributed by atoms with van der Waals surface area (Å²) >= 11 is 0. The third-order valence-electron chi connectivity index (χ3n) is 3.05. The number of nitrogens with zero attached hydrogens (tertiary/aromatic N) is 3. The number of anilines is 1. The zero-order valence-corrected chi connectivity index (χ0v) is 10.2. The summed E-state index contributed by atoms with van der Waals surface area (Å²) in [7, 11) is 0. The van der Waals surface area contributed by atoms with Gasteiger partial charge in [0.25, 0.3) is 0 Å². The molecule has 1 aliphatic heterocycles. The fourth-order valence-electron chi connectivity index (χ4n) is 2.25. The van der Waals surface area contributed by atoms with E-state index in [0.717, 1.165) is 12.5 Å². The molecule has 1 unspecified atom stereocenters. The van der Waals surface area contributed by atoms with Crippen LogP contribution in [0, 0.1) is 0 Å². The number of nitrogen functional groups attached to an aromatic ring is 1. The van der Waals surface area contributed by atoms with E-state index in [0.29, 0.717) is 13.0 Å². The summed E-state index contributed by atoms with van der Waals surface area (Å²) in [4.78, 5) is 19.9. The molecule has 0 aromatic carbocycles. The number of nitrogens with two attached hydrogens (primary N) is 1. The van der Waals surface area contributed by atoms with Gasteiger partial charge < -0.3 is 10.6 Å². The SMILES string of the molecule is CC(=O)N1CCCC1c1cc(C(F)(F)F)nc(N)n1. The van der Waals surface area contributed by atoms with Crippen LogP contribution >= 0.6 is 0 Å². The number of rotatable bonds is 1. The third-order valence-corrected chi connectivity index (χ3v) is 3.05. The Morgan fingerprint density at radius 1 is 1.47 bits per heavy atom. The highest BCUT2D eigenvalue weighted by Gasteiger charge is 2.36. The van der Waals surface area contributed by atoms with Gasteiger partial charge in [-0.2, -0.15) is 13.2 Å². The van der Waals surface area contributed by atoms with Crippen LogP contribution in [0.5, 0.6) is 0 Å². The zero-order chi connectivity index (χ0) is 14.2. The molecule has 0 radical (unpaired) electrons. The van der Waals surface area contributed by atoms with Crippen LogP contribution < -0.4 is 5.73 Å². The van der Waals surface area contributed by atoms with Crippen molar-refractivity contribution in [2.24, 2.45) is 0 Å². The van der Waals surface area contributed by atoms with Crippen molar-refractivity contribution < 1.29 is 18.0 Å². The van der Waals surface area contributed by atoms with E-state index in [4.69, 9.17) is 5.73 Å². The maximum Gasteiger partial charge on any atom is 0.433 e. The fourth-order valence-corrected chi connectivity index (χ4v) is 2.25. The first kappa shape index (κ1) is 13.6. The van der Waals surface area contributed by atoms with Crippen LogP contribution in [-0.2, 0) is 11.0 Å². The molecule has 8 heteroatoms. The van der Waals surface area contributed by atoms with E-state index < -0.39 is 23.9 Å². The van der Waals surface area contributed by atoms with Gasteiger partial charge in [-0.15, -0.1) is 0 Å². The highest BCUT2D eigenvalue weighted by molar-refractivity contribution is 5.74. The molecule has 1 saturated heterocycles. The van der Waals surface area contributed by atoms with Gasteiger partial charge in [-0.25, -0.2) is 9.97 Å². The molecule has 2 rings (SSSR count). The highest BCUT2D eigenvalue weighted by atomic mass is 19.4.